The van der Waals surface area contributed by atoms with E-state index in [0.29, 0.717) is 36.0 Å². The first kappa shape index (κ1) is 19.3. The molecule has 2 unspecified atom stereocenters. The molecule has 1 aromatic heterocycles. The zero-order chi connectivity index (χ0) is 20.5. The number of rotatable bonds is 4. The Morgan fingerprint density at radius 3 is 2.66 bits per heavy atom. The van der Waals surface area contributed by atoms with Crippen molar-refractivity contribution in [3.63, 3.8) is 0 Å². The number of benzene rings is 2. The van der Waals surface area contributed by atoms with Crippen LogP contribution in [0.15, 0.2) is 54.7 Å². The van der Waals surface area contributed by atoms with Crippen molar-refractivity contribution in [3.8, 4) is 16.9 Å². The molecule has 1 saturated heterocycles. The summed E-state index contributed by atoms with van der Waals surface area (Å²) < 4.78 is 15.0. The predicted molar refractivity (Wildman–Crippen MR) is 111 cm³/mol. The Morgan fingerprint density at radius 1 is 1.24 bits per heavy atom. The van der Waals surface area contributed by atoms with Crippen LogP contribution in [0.3, 0.4) is 0 Å². The van der Waals surface area contributed by atoms with Crippen molar-refractivity contribution in [1.82, 2.24) is 14.7 Å². The highest BCUT2D eigenvalue weighted by Gasteiger charge is 2.34. The molecule has 1 aliphatic heterocycles. The van der Waals surface area contributed by atoms with Gasteiger partial charge in [0.15, 0.2) is 0 Å². The summed E-state index contributed by atoms with van der Waals surface area (Å²) in [4.78, 5) is 15.4. The van der Waals surface area contributed by atoms with Gasteiger partial charge in [-0.3, -0.25) is 4.79 Å². The Balaban J connectivity index is 1.79. The van der Waals surface area contributed by atoms with Crippen LogP contribution in [0.25, 0.3) is 16.9 Å². The number of amides is 1. The fourth-order valence-electron chi connectivity index (χ4n) is 4.01. The van der Waals surface area contributed by atoms with E-state index >= 15 is 0 Å². The molecule has 2 aromatic carbocycles. The number of nitrogens with two attached hydrogens (primary N) is 1. The van der Waals surface area contributed by atoms with Crippen LogP contribution in [-0.4, -0.2) is 39.7 Å². The minimum absolute atomic E-state index is 0.0432. The highest BCUT2D eigenvalue weighted by molar-refractivity contribution is 6.00. The van der Waals surface area contributed by atoms with Crippen LogP contribution < -0.4 is 5.73 Å². The number of aryl methyl sites for hydroxylation is 1. The van der Waals surface area contributed by atoms with E-state index in [2.05, 4.69) is 6.92 Å². The Morgan fingerprint density at radius 2 is 2.00 bits per heavy atom. The molecule has 0 saturated carbocycles. The van der Waals surface area contributed by atoms with E-state index in [1.807, 2.05) is 36.1 Å². The van der Waals surface area contributed by atoms with Crippen molar-refractivity contribution >= 4 is 5.91 Å². The summed E-state index contributed by atoms with van der Waals surface area (Å²) in [5.74, 6) is -0.0309. The molecule has 29 heavy (non-hydrogen) atoms. The second-order valence-electron chi connectivity index (χ2n) is 7.83. The molecule has 4 rings (SSSR count). The molecule has 2 heterocycles. The lowest BCUT2D eigenvalue weighted by Gasteiger charge is -2.21. The first-order valence-electron chi connectivity index (χ1n) is 9.90. The first-order valence-corrected chi connectivity index (χ1v) is 9.90. The van der Waals surface area contributed by atoms with Gasteiger partial charge in [0.05, 0.1) is 11.3 Å². The zero-order valence-electron chi connectivity index (χ0n) is 16.7. The van der Waals surface area contributed by atoms with Gasteiger partial charge in [-0.1, -0.05) is 23.8 Å². The molecule has 2 N–H and O–H groups in total. The normalized spacial score (nSPS) is 19.0. The van der Waals surface area contributed by atoms with Gasteiger partial charge in [0.2, 0.25) is 0 Å². The van der Waals surface area contributed by atoms with Gasteiger partial charge in [0, 0.05) is 24.3 Å². The number of hydrogen-bond donors (Lipinski definition) is 1. The van der Waals surface area contributed by atoms with Crippen molar-refractivity contribution in [1.29, 1.82) is 0 Å². The first-order chi connectivity index (χ1) is 14.0. The average molecular weight is 392 g/mol. The van der Waals surface area contributed by atoms with E-state index in [4.69, 9.17) is 10.8 Å². The van der Waals surface area contributed by atoms with Gasteiger partial charge in [-0.15, -0.1) is 0 Å². The summed E-state index contributed by atoms with van der Waals surface area (Å²) in [6, 6.07) is 14.2. The number of carbonyl (C=O) groups excluding carboxylic acids is 1. The topological polar surface area (TPSA) is 64.2 Å². The minimum atomic E-state index is -0.310. The minimum Gasteiger partial charge on any atom is -0.335 e. The Hall–Kier alpha value is -2.99. The summed E-state index contributed by atoms with van der Waals surface area (Å²) in [5.41, 5.74) is 9.70. The predicted octanol–water partition coefficient (Wildman–Crippen LogP) is 3.80. The lowest BCUT2D eigenvalue weighted by atomic mass is 10.0. The fourth-order valence-corrected chi connectivity index (χ4v) is 4.01. The van der Waals surface area contributed by atoms with Crippen LogP contribution in [0.1, 0.15) is 29.3 Å². The number of nitrogens with zero attached hydrogens (tertiary/aromatic N) is 3. The monoisotopic (exact) mass is 392 g/mol. The van der Waals surface area contributed by atoms with E-state index in [0.717, 1.165) is 17.5 Å². The lowest BCUT2D eigenvalue weighted by Crippen LogP contribution is -2.34. The van der Waals surface area contributed by atoms with Gasteiger partial charge in [-0.05, 0) is 63.1 Å². The molecule has 5 nitrogen and oxygen atoms in total. The van der Waals surface area contributed by atoms with Gasteiger partial charge in [-0.25, -0.2) is 9.07 Å². The van der Waals surface area contributed by atoms with Gasteiger partial charge in [0.25, 0.3) is 5.91 Å². The summed E-state index contributed by atoms with van der Waals surface area (Å²) in [6.45, 7) is 5.31. The molecule has 6 heteroatoms. The van der Waals surface area contributed by atoms with Crippen LogP contribution in [0.4, 0.5) is 4.39 Å². The van der Waals surface area contributed by atoms with Crippen molar-refractivity contribution in [2.24, 2.45) is 11.7 Å². The number of likely N-dealkylation sites (tertiary alicyclic amines) is 1. The molecule has 0 bridgehead atoms. The molecular weight excluding hydrogens is 367 g/mol. The Bertz CT molecular complexity index is 1030. The van der Waals surface area contributed by atoms with Crippen LogP contribution in [-0.2, 0) is 0 Å². The maximum absolute atomic E-state index is 13.5. The van der Waals surface area contributed by atoms with E-state index in [-0.39, 0.29) is 17.8 Å². The number of halogens is 1. The van der Waals surface area contributed by atoms with Crippen molar-refractivity contribution in [2.75, 3.05) is 13.1 Å². The van der Waals surface area contributed by atoms with E-state index in [1.54, 1.807) is 23.0 Å². The number of carbonyl (C=O) groups is 1. The van der Waals surface area contributed by atoms with Crippen LogP contribution in [0.2, 0.25) is 0 Å². The van der Waals surface area contributed by atoms with Crippen molar-refractivity contribution in [2.45, 2.75) is 26.3 Å². The molecule has 0 radical (unpaired) electrons. The molecule has 1 amide bonds. The summed E-state index contributed by atoms with van der Waals surface area (Å²) in [6.07, 6.45) is 2.66. The smallest absolute Gasteiger partial charge is 0.257 e. The third-order valence-corrected chi connectivity index (χ3v) is 5.58. The van der Waals surface area contributed by atoms with Gasteiger partial charge < -0.3 is 10.6 Å². The SMILES string of the molecule is Cc1cccc(-c2nn(-c3ccc(F)cc3)cc2C(=O)N2CC(CN)CC2C)c1. The maximum atomic E-state index is 13.5. The van der Waals surface area contributed by atoms with Gasteiger partial charge in [0.1, 0.15) is 11.5 Å². The second-order valence-corrected chi connectivity index (χ2v) is 7.83. The van der Waals surface area contributed by atoms with Crippen LogP contribution in [0.5, 0.6) is 0 Å². The van der Waals surface area contributed by atoms with E-state index in [1.165, 1.54) is 12.1 Å². The third kappa shape index (κ3) is 3.80. The zero-order valence-corrected chi connectivity index (χ0v) is 16.7. The van der Waals surface area contributed by atoms with Crippen molar-refractivity contribution in [3.05, 3.63) is 71.7 Å². The molecule has 1 fully saturated rings. The van der Waals surface area contributed by atoms with Crippen molar-refractivity contribution < 1.29 is 9.18 Å². The van der Waals surface area contributed by atoms with Gasteiger partial charge >= 0.3 is 0 Å². The van der Waals surface area contributed by atoms with Crippen LogP contribution in [0, 0.1) is 18.7 Å². The average Bonchev–Trinajstić information content (AvgIpc) is 3.32. The number of hydrogen-bond acceptors (Lipinski definition) is 3. The molecule has 0 spiro atoms. The largest absolute Gasteiger partial charge is 0.335 e. The lowest BCUT2D eigenvalue weighted by molar-refractivity contribution is 0.0744. The fraction of sp³-hybridized carbons (Fsp3) is 0.304. The van der Waals surface area contributed by atoms with Crippen LogP contribution >= 0.6 is 0 Å². The Kier molecular flexibility index (Phi) is 5.20. The molecular formula is C23H25FN4O. The maximum Gasteiger partial charge on any atom is 0.257 e. The molecule has 0 aliphatic carbocycles. The standard InChI is InChI=1S/C23H25FN4O/c1-15-4-3-5-18(10-15)22-21(23(29)27-13-17(12-25)11-16(27)2)14-28(26-22)20-8-6-19(24)7-9-20/h3-10,14,16-17H,11-13,25H2,1-2H3. The highest BCUT2D eigenvalue weighted by atomic mass is 19.1. The molecule has 2 atom stereocenters. The number of aromatic nitrogens is 2. The summed E-state index contributed by atoms with van der Waals surface area (Å²) in [5, 5.41) is 4.70. The quantitative estimate of drug-likeness (QED) is 0.735. The Labute approximate surface area is 169 Å². The molecule has 1 aliphatic rings. The van der Waals surface area contributed by atoms with Gasteiger partial charge in [-0.2, -0.15) is 5.10 Å². The molecule has 3 aromatic rings. The third-order valence-electron chi connectivity index (χ3n) is 5.58. The summed E-state index contributed by atoms with van der Waals surface area (Å²) >= 11 is 0. The van der Waals surface area contributed by atoms with E-state index in [9.17, 15) is 9.18 Å². The van der Waals surface area contributed by atoms with E-state index < -0.39 is 0 Å². The summed E-state index contributed by atoms with van der Waals surface area (Å²) in [7, 11) is 0. The molecule has 150 valence electrons. The second kappa shape index (κ2) is 7.79. The highest BCUT2D eigenvalue weighted by Crippen LogP contribution is 2.29.